The number of carbonyl (C=O) groups is 2. The van der Waals surface area contributed by atoms with E-state index in [0.29, 0.717) is 25.5 Å². The highest BCUT2D eigenvalue weighted by Gasteiger charge is 2.25. The first-order valence-electron chi connectivity index (χ1n) is 9.78. The van der Waals surface area contributed by atoms with E-state index in [4.69, 9.17) is 0 Å². The van der Waals surface area contributed by atoms with Gasteiger partial charge in [-0.3, -0.25) is 14.6 Å². The van der Waals surface area contributed by atoms with Gasteiger partial charge in [-0.25, -0.2) is 0 Å². The monoisotopic (exact) mass is 371 g/mol. The van der Waals surface area contributed by atoms with Crippen molar-refractivity contribution in [3.8, 4) is 0 Å². The van der Waals surface area contributed by atoms with Crippen LogP contribution in [-0.2, 0) is 9.59 Å². The number of amides is 2. The van der Waals surface area contributed by atoms with Crippen molar-refractivity contribution in [1.82, 2.24) is 16.0 Å². The first kappa shape index (κ1) is 19.2. The lowest BCUT2D eigenvalue weighted by Crippen LogP contribution is -2.42. The van der Waals surface area contributed by atoms with Crippen LogP contribution in [0.1, 0.15) is 43.6 Å². The standard InChI is InChI=1S/C20H29N5O2/c1-21-20(23-11-5-10-22-19(27)14-6-4-7-14)24-13-15-12-18(26)25-17-9-3-2-8-16(15)17/h2-3,8-9,14-15H,4-7,10-13H2,1H3,(H,22,27)(H,25,26)(H2,21,23,24). The molecule has 0 bridgehead atoms. The fraction of sp³-hybridized carbons (Fsp3) is 0.550. The highest BCUT2D eigenvalue weighted by Crippen LogP contribution is 2.31. The van der Waals surface area contributed by atoms with Crippen molar-refractivity contribution >= 4 is 23.5 Å². The van der Waals surface area contributed by atoms with Gasteiger partial charge in [-0.15, -0.1) is 0 Å². The molecule has 2 aliphatic rings. The Labute approximate surface area is 160 Å². The summed E-state index contributed by atoms with van der Waals surface area (Å²) in [5.74, 6) is 1.31. The summed E-state index contributed by atoms with van der Waals surface area (Å²) in [5, 5.41) is 12.5. The molecule has 7 heteroatoms. The van der Waals surface area contributed by atoms with Gasteiger partial charge >= 0.3 is 0 Å². The quantitative estimate of drug-likeness (QED) is 0.333. The van der Waals surface area contributed by atoms with Gasteiger partial charge in [0, 0.05) is 50.6 Å². The largest absolute Gasteiger partial charge is 0.356 e. The van der Waals surface area contributed by atoms with Crippen LogP contribution < -0.4 is 21.3 Å². The molecule has 4 N–H and O–H groups in total. The summed E-state index contributed by atoms with van der Waals surface area (Å²) in [6.45, 7) is 2.05. The van der Waals surface area contributed by atoms with Crippen molar-refractivity contribution in [2.24, 2.45) is 10.9 Å². The van der Waals surface area contributed by atoms with Crippen molar-refractivity contribution in [3.63, 3.8) is 0 Å². The molecule has 1 aliphatic carbocycles. The van der Waals surface area contributed by atoms with E-state index >= 15 is 0 Å². The number of nitrogens with zero attached hydrogens (tertiary/aromatic N) is 1. The lowest BCUT2D eigenvalue weighted by Gasteiger charge is -2.26. The molecule has 1 aliphatic heterocycles. The zero-order chi connectivity index (χ0) is 19.1. The van der Waals surface area contributed by atoms with Gasteiger partial charge in [-0.2, -0.15) is 0 Å². The molecule has 1 saturated carbocycles. The molecule has 1 atom stereocenters. The summed E-state index contributed by atoms with van der Waals surface area (Å²) in [5.41, 5.74) is 2.05. The molecule has 0 saturated heterocycles. The number of benzene rings is 1. The Hall–Kier alpha value is -2.57. The predicted octanol–water partition coefficient (Wildman–Crippen LogP) is 1.58. The molecule has 1 unspecified atom stereocenters. The number of anilines is 1. The van der Waals surface area contributed by atoms with E-state index < -0.39 is 0 Å². The van der Waals surface area contributed by atoms with Gasteiger partial charge in [-0.1, -0.05) is 24.6 Å². The number of hydrogen-bond acceptors (Lipinski definition) is 3. The molecule has 27 heavy (non-hydrogen) atoms. The average Bonchev–Trinajstić information content (AvgIpc) is 2.62. The summed E-state index contributed by atoms with van der Waals surface area (Å²) >= 11 is 0. The molecular weight excluding hydrogens is 342 g/mol. The number of carbonyl (C=O) groups excluding carboxylic acids is 2. The zero-order valence-electron chi connectivity index (χ0n) is 15.9. The Morgan fingerprint density at radius 3 is 2.70 bits per heavy atom. The van der Waals surface area contributed by atoms with Crippen molar-refractivity contribution in [1.29, 1.82) is 0 Å². The minimum Gasteiger partial charge on any atom is -0.356 e. The van der Waals surface area contributed by atoms with Crippen LogP contribution in [-0.4, -0.2) is 44.5 Å². The highest BCUT2D eigenvalue weighted by molar-refractivity contribution is 5.94. The van der Waals surface area contributed by atoms with E-state index in [9.17, 15) is 9.59 Å². The molecule has 1 fully saturated rings. The number of fused-ring (bicyclic) bond motifs is 1. The van der Waals surface area contributed by atoms with Crippen molar-refractivity contribution < 1.29 is 9.59 Å². The Morgan fingerprint density at radius 2 is 1.96 bits per heavy atom. The minimum absolute atomic E-state index is 0.0469. The molecule has 1 heterocycles. The second-order valence-electron chi connectivity index (χ2n) is 7.19. The zero-order valence-corrected chi connectivity index (χ0v) is 15.9. The number of guanidine groups is 1. The summed E-state index contributed by atoms with van der Waals surface area (Å²) in [7, 11) is 1.73. The van der Waals surface area contributed by atoms with Gasteiger partial charge in [0.05, 0.1) is 0 Å². The van der Waals surface area contributed by atoms with Crippen molar-refractivity contribution in [3.05, 3.63) is 29.8 Å². The van der Waals surface area contributed by atoms with Crippen molar-refractivity contribution in [2.45, 2.75) is 38.0 Å². The van der Waals surface area contributed by atoms with Crippen LogP contribution in [0.3, 0.4) is 0 Å². The molecule has 0 aromatic heterocycles. The molecule has 0 spiro atoms. The third-order valence-electron chi connectivity index (χ3n) is 5.27. The summed E-state index contributed by atoms with van der Waals surface area (Å²) in [6.07, 6.45) is 4.54. The van der Waals surface area contributed by atoms with Gasteiger partial charge in [0.1, 0.15) is 0 Å². The van der Waals surface area contributed by atoms with Crippen LogP contribution in [0.25, 0.3) is 0 Å². The van der Waals surface area contributed by atoms with Crippen LogP contribution in [0.5, 0.6) is 0 Å². The summed E-state index contributed by atoms with van der Waals surface area (Å²) in [4.78, 5) is 27.9. The van der Waals surface area contributed by atoms with Gasteiger partial charge in [0.15, 0.2) is 5.96 Å². The number of nitrogens with one attached hydrogen (secondary N) is 4. The molecule has 146 valence electrons. The molecule has 1 aromatic rings. The topological polar surface area (TPSA) is 94.6 Å². The normalized spacial score (nSPS) is 19.5. The number of para-hydroxylation sites is 1. The number of rotatable bonds is 7. The SMILES string of the molecule is CN=C(NCCCNC(=O)C1CCC1)NCC1CC(=O)Nc2ccccc21. The second kappa shape index (κ2) is 9.39. The Kier molecular flexibility index (Phi) is 6.68. The Morgan fingerprint density at radius 1 is 1.19 bits per heavy atom. The van der Waals surface area contributed by atoms with E-state index in [1.165, 1.54) is 6.42 Å². The minimum atomic E-state index is 0.0469. The van der Waals surface area contributed by atoms with E-state index in [0.717, 1.165) is 37.1 Å². The maximum Gasteiger partial charge on any atom is 0.225 e. The van der Waals surface area contributed by atoms with Crippen molar-refractivity contribution in [2.75, 3.05) is 32.0 Å². The van der Waals surface area contributed by atoms with E-state index in [2.05, 4.69) is 32.3 Å². The number of hydrogen-bond donors (Lipinski definition) is 4. The van der Waals surface area contributed by atoms with E-state index in [-0.39, 0.29) is 23.7 Å². The molecular formula is C20H29N5O2. The van der Waals surface area contributed by atoms with Crippen LogP contribution >= 0.6 is 0 Å². The molecule has 3 rings (SSSR count). The number of aliphatic imine (C=N–C) groups is 1. The lowest BCUT2D eigenvalue weighted by atomic mass is 9.85. The van der Waals surface area contributed by atoms with Crippen LogP contribution in [0.2, 0.25) is 0 Å². The third kappa shape index (κ3) is 5.21. The van der Waals surface area contributed by atoms with Gasteiger partial charge < -0.3 is 21.3 Å². The summed E-state index contributed by atoms with van der Waals surface area (Å²) in [6, 6.07) is 7.92. The Bertz CT molecular complexity index is 699. The molecule has 7 nitrogen and oxygen atoms in total. The van der Waals surface area contributed by atoms with Crippen LogP contribution in [0.15, 0.2) is 29.3 Å². The smallest absolute Gasteiger partial charge is 0.225 e. The predicted molar refractivity (Wildman–Crippen MR) is 107 cm³/mol. The van der Waals surface area contributed by atoms with Gasteiger partial charge in [0.2, 0.25) is 11.8 Å². The first-order chi connectivity index (χ1) is 13.2. The fourth-order valence-corrected chi connectivity index (χ4v) is 3.45. The second-order valence-corrected chi connectivity index (χ2v) is 7.19. The maximum absolute atomic E-state index is 11.9. The van der Waals surface area contributed by atoms with E-state index in [1.54, 1.807) is 7.05 Å². The van der Waals surface area contributed by atoms with Gasteiger partial charge in [0.25, 0.3) is 0 Å². The highest BCUT2D eigenvalue weighted by atomic mass is 16.2. The fourth-order valence-electron chi connectivity index (χ4n) is 3.45. The maximum atomic E-state index is 11.9. The molecule has 1 aromatic carbocycles. The van der Waals surface area contributed by atoms with Gasteiger partial charge in [-0.05, 0) is 30.9 Å². The van der Waals surface area contributed by atoms with Crippen LogP contribution in [0.4, 0.5) is 5.69 Å². The first-order valence-corrected chi connectivity index (χ1v) is 9.78. The molecule has 2 amide bonds. The van der Waals surface area contributed by atoms with Crippen LogP contribution in [0, 0.1) is 5.92 Å². The third-order valence-corrected chi connectivity index (χ3v) is 5.27. The summed E-state index contributed by atoms with van der Waals surface area (Å²) < 4.78 is 0. The molecule has 0 radical (unpaired) electrons. The Balaban J connectivity index is 1.38. The lowest BCUT2D eigenvalue weighted by molar-refractivity contribution is -0.127. The van der Waals surface area contributed by atoms with E-state index in [1.807, 2.05) is 18.2 Å². The average molecular weight is 371 g/mol.